The molecule has 0 fully saturated rings. The molecule has 1 unspecified atom stereocenters. The third kappa shape index (κ3) is 14.2. The van der Waals surface area contributed by atoms with Crippen molar-refractivity contribution in [1.29, 1.82) is 0 Å². The van der Waals surface area contributed by atoms with Crippen molar-refractivity contribution in [3.8, 4) is 0 Å². The van der Waals surface area contributed by atoms with Crippen LogP contribution < -0.4 is 0 Å². The van der Waals surface area contributed by atoms with Crippen LogP contribution in [0.2, 0.25) is 0 Å². The second kappa shape index (κ2) is 11.4. The predicted octanol–water partition coefficient (Wildman–Crippen LogP) is 4.69. The molecule has 0 radical (unpaired) electrons. The van der Waals surface area contributed by atoms with Gasteiger partial charge in [-0.1, -0.05) is 34.9 Å². The Labute approximate surface area is 139 Å². The second-order valence-electron chi connectivity index (χ2n) is 5.94. The molecule has 0 aliphatic carbocycles. The Balaban J connectivity index is 4.09. The fourth-order valence-electron chi connectivity index (χ4n) is 1.85. The summed E-state index contributed by atoms with van der Waals surface area (Å²) < 4.78 is 16.1. The van der Waals surface area contributed by atoms with Crippen LogP contribution in [0, 0.1) is 0 Å². The van der Waals surface area contributed by atoms with E-state index in [1.54, 1.807) is 6.08 Å². The quantitative estimate of drug-likeness (QED) is 0.419. The van der Waals surface area contributed by atoms with Crippen LogP contribution in [0.3, 0.4) is 0 Å². The molecule has 0 saturated carbocycles. The number of hydrogen-bond donors (Lipinski definition) is 2. The van der Waals surface area contributed by atoms with Crippen molar-refractivity contribution >= 4 is 13.6 Å². The lowest BCUT2D eigenvalue weighted by Gasteiger charge is -2.08. The highest BCUT2D eigenvalue weighted by atomic mass is 31.2. The number of carboxylic acid groups (broad SMARTS) is 1. The molecule has 1 atom stereocenters. The molecule has 0 saturated heterocycles. The van der Waals surface area contributed by atoms with Crippen LogP contribution >= 0.6 is 7.60 Å². The van der Waals surface area contributed by atoms with E-state index in [-0.39, 0.29) is 6.61 Å². The predicted molar refractivity (Wildman–Crippen MR) is 93.7 cm³/mol. The molecule has 0 amide bonds. The van der Waals surface area contributed by atoms with E-state index in [4.69, 9.17) is 9.63 Å². The lowest BCUT2D eigenvalue weighted by Crippen LogP contribution is -2.05. The number of carbonyl (C=O) groups is 1. The highest BCUT2D eigenvalue weighted by Crippen LogP contribution is 2.41. The minimum atomic E-state index is -4.03. The molecule has 0 rings (SSSR count). The average Bonchev–Trinajstić information content (AvgIpc) is 2.36. The van der Waals surface area contributed by atoms with Gasteiger partial charge in [-0.2, -0.15) is 0 Å². The summed E-state index contributed by atoms with van der Waals surface area (Å²) in [7, 11) is -4.03. The minimum Gasteiger partial charge on any atom is -0.481 e. The van der Waals surface area contributed by atoms with Crippen LogP contribution in [0.15, 0.2) is 34.9 Å². The fraction of sp³-hybridized carbons (Fsp3) is 0.588. The molecule has 0 bridgehead atoms. The Morgan fingerprint density at radius 2 is 1.52 bits per heavy atom. The molecule has 0 spiro atoms. The largest absolute Gasteiger partial charge is 0.481 e. The Kier molecular flexibility index (Phi) is 10.8. The number of allylic oxidation sites excluding steroid dienone is 5. The van der Waals surface area contributed by atoms with Crippen LogP contribution in [0.25, 0.3) is 0 Å². The molecule has 0 aromatic rings. The van der Waals surface area contributed by atoms with Crippen LogP contribution in [0.1, 0.15) is 53.4 Å². The molecule has 5 nitrogen and oxygen atoms in total. The molecule has 0 aliphatic heterocycles. The van der Waals surface area contributed by atoms with E-state index < -0.39 is 19.7 Å². The fourth-order valence-corrected chi connectivity index (χ4v) is 2.59. The zero-order chi connectivity index (χ0) is 17.9. The van der Waals surface area contributed by atoms with E-state index in [2.05, 4.69) is 32.9 Å². The molecule has 0 aliphatic rings. The Morgan fingerprint density at radius 3 is 2.04 bits per heavy atom. The molecular weight excluding hydrogens is 315 g/mol. The second-order valence-corrected chi connectivity index (χ2v) is 7.79. The molecule has 2 N–H and O–H groups in total. The number of aliphatic carboxylic acids is 1. The Morgan fingerprint density at radius 1 is 1.00 bits per heavy atom. The summed E-state index contributed by atoms with van der Waals surface area (Å²) in [5.41, 5.74) is 3.74. The monoisotopic (exact) mass is 344 g/mol. The van der Waals surface area contributed by atoms with E-state index in [1.165, 1.54) is 11.1 Å². The molecule has 132 valence electrons. The normalized spacial score (nSPS) is 15.2. The maximum Gasteiger partial charge on any atom is 0.339 e. The Bertz CT molecular complexity index is 513. The summed E-state index contributed by atoms with van der Waals surface area (Å²) in [5.74, 6) is -1.34. The van der Waals surface area contributed by atoms with Gasteiger partial charge in [0.1, 0.15) is 6.16 Å². The minimum absolute atomic E-state index is 0.0455. The van der Waals surface area contributed by atoms with Crippen molar-refractivity contribution < 1.29 is 23.9 Å². The summed E-state index contributed by atoms with van der Waals surface area (Å²) in [6, 6.07) is 0. The summed E-state index contributed by atoms with van der Waals surface area (Å²) in [4.78, 5) is 19.7. The Hall–Kier alpha value is -1.16. The lowest BCUT2D eigenvalue weighted by molar-refractivity contribution is -0.134. The van der Waals surface area contributed by atoms with E-state index in [0.29, 0.717) is 0 Å². The van der Waals surface area contributed by atoms with Crippen molar-refractivity contribution in [2.45, 2.75) is 53.4 Å². The zero-order valence-electron chi connectivity index (χ0n) is 14.5. The van der Waals surface area contributed by atoms with E-state index >= 15 is 0 Å². The SMILES string of the molecule is CC(C)=CCC/C(C)=C/CC/C(C)=C/COP(=O)(O)CC(=O)O. The summed E-state index contributed by atoms with van der Waals surface area (Å²) in [5, 5.41) is 8.48. The van der Waals surface area contributed by atoms with Crippen molar-refractivity contribution in [2.24, 2.45) is 0 Å². The van der Waals surface area contributed by atoms with Gasteiger partial charge in [0.05, 0.1) is 6.61 Å². The molecule has 23 heavy (non-hydrogen) atoms. The highest BCUT2D eigenvalue weighted by molar-refractivity contribution is 7.53. The third-order valence-electron chi connectivity index (χ3n) is 3.17. The van der Waals surface area contributed by atoms with E-state index in [1.807, 2.05) is 6.92 Å². The van der Waals surface area contributed by atoms with Crippen molar-refractivity contribution in [2.75, 3.05) is 12.8 Å². The number of hydrogen-bond acceptors (Lipinski definition) is 3. The molecule has 0 aromatic heterocycles. The van der Waals surface area contributed by atoms with Crippen molar-refractivity contribution in [3.05, 3.63) is 34.9 Å². The van der Waals surface area contributed by atoms with Crippen molar-refractivity contribution in [3.63, 3.8) is 0 Å². The van der Waals surface area contributed by atoms with Crippen molar-refractivity contribution in [1.82, 2.24) is 0 Å². The first-order valence-corrected chi connectivity index (χ1v) is 9.51. The first-order chi connectivity index (χ1) is 10.6. The number of rotatable bonds is 11. The van der Waals surface area contributed by atoms with Gasteiger partial charge in [0.15, 0.2) is 0 Å². The van der Waals surface area contributed by atoms with E-state index in [0.717, 1.165) is 31.3 Å². The third-order valence-corrected chi connectivity index (χ3v) is 4.39. The highest BCUT2D eigenvalue weighted by Gasteiger charge is 2.22. The topological polar surface area (TPSA) is 83.8 Å². The lowest BCUT2D eigenvalue weighted by atomic mass is 10.1. The van der Waals surface area contributed by atoms with Gasteiger partial charge < -0.3 is 14.5 Å². The molecule has 0 heterocycles. The zero-order valence-corrected chi connectivity index (χ0v) is 15.4. The van der Waals surface area contributed by atoms with Crippen LogP contribution in [-0.4, -0.2) is 28.7 Å². The summed E-state index contributed by atoms with van der Waals surface area (Å²) >= 11 is 0. The first-order valence-electron chi connectivity index (χ1n) is 7.75. The van der Waals surface area contributed by atoms with Gasteiger partial charge in [0, 0.05) is 0 Å². The average molecular weight is 344 g/mol. The van der Waals surface area contributed by atoms with Crippen LogP contribution in [0.4, 0.5) is 0 Å². The maximum absolute atomic E-state index is 11.4. The van der Waals surface area contributed by atoms with Crippen LogP contribution in [0.5, 0.6) is 0 Å². The number of carboxylic acids is 1. The smallest absolute Gasteiger partial charge is 0.339 e. The molecular formula is C17H29O5P. The van der Waals surface area contributed by atoms with Gasteiger partial charge in [-0.05, 0) is 53.4 Å². The van der Waals surface area contributed by atoms with Crippen LogP contribution in [-0.2, 0) is 13.9 Å². The van der Waals surface area contributed by atoms with Gasteiger partial charge in [0.2, 0.25) is 0 Å². The van der Waals surface area contributed by atoms with Gasteiger partial charge in [-0.25, -0.2) is 0 Å². The maximum atomic E-state index is 11.4. The van der Waals surface area contributed by atoms with Gasteiger partial charge in [-0.15, -0.1) is 0 Å². The summed E-state index contributed by atoms with van der Waals surface area (Å²) in [6.45, 7) is 8.19. The van der Waals surface area contributed by atoms with Gasteiger partial charge in [-0.3, -0.25) is 9.36 Å². The molecule has 6 heteroatoms. The molecule has 0 aromatic carbocycles. The van der Waals surface area contributed by atoms with E-state index in [9.17, 15) is 14.3 Å². The van der Waals surface area contributed by atoms with Gasteiger partial charge >= 0.3 is 13.6 Å². The summed E-state index contributed by atoms with van der Waals surface area (Å²) in [6.07, 6.45) is 9.16. The van der Waals surface area contributed by atoms with Gasteiger partial charge in [0.25, 0.3) is 0 Å². The standard InChI is InChI=1S/C17H29O5P/c1-14(2)7-5-8-15(3)9-6-10-16(4)11-12-22-23(20,21)13-17(18)19/h7,9,11H,5-6,8,10,12-13H2,1-4H3,(H,18,19)(H,20,21)/b15-9+,16-11+. The first kappa shape index (κ1) is 21.8.